The van der Waals surface area contributed by atoms with Crippen LogP contribution in [-0.2, 0) is 4.79 Å². The fraction of sp³-hybridized carbons (Fsp3) is 0.375. The molecule has 1 heterocycles. The minimum atomic E-state index is -0.353. The summed E-state index contributed by atoms with van der Waals surface area (Å²) < 4.78 is 7.05. The second-order valence-electron chi connectivity index (χ2n) is 5.24. The summed E-state index contributed by atoms with van der Waals surface area (Å²) >= 11 is 6.19. The van der Waals surface area contributed by atoms with E-state index in [1.807, 2.05) is 45.9 Å². The maximum atomic E-state index is 11.3. The number of carbonyl (C=O) groups excluding carboxylic acids is 1. The van der Waals surface area contributed by atoms with E-state index in [4.69, 9.17) is 16.3 Å². The zero-order valence-corrected chi connectivity index (χ0v) is 13.7. The number of hydrogen-bond acceptors (Lipinski definition) is 3. The highest BCUT2D eigenvalue weighted by Gasteiger charge is 2.20. The molecule has 1 aromatic carbocycles. The second kappa shape index (κ2) is 5.90. The Morgan fingerprint density at radius 3 is 2.57 bits per heavy atom. The third kappa shape index (κ3) is 3.10. The molecule has 0 aliphatic carbocycles. The molecule has 0 radical (unpaired) electrons. The topological polar surface area (TPSA) is 44.1 Å². The van der Waals surface area contributed by atoms with Crippen molar-refractivity contribution in [1.82, 2.24) is 9.78 Å². The van der Waals surface area contributed by atoms with E-state index >= 15 is 0 Å². The van der Waals surface area contributed by atoms with Crippen LogP contribution in [0, 0.1) is 20.8 Å². The van der Waals surface area contributed by atoms with Crippen LogP contribution in [0.2, 0.25) is 5.02 Å². The third-order valence-corrected chi connectivity index (χ3v) is 4.02. The van der Waals surface area contributed by atoms with Crippen LogP contribution in [0.1, 0.15) is 42.3 Å². The maximum Gasteiger partial charge on any atom is 0.309 e. The number of carbonyl (C=O) groups is 1. The predicted molar refractivity (Wildman–Crippen MR) is 83.0 cm³/mol. The molecule has 0 aliphatic rings. The summed E-state index contributed by atoms with van der Waals surface area (Å²) in [5, 5.41) is 5.20. The Labute approximate surface area is 129 Å². The lowest BCUT2D eigenvalue weighted by atomic mass is 10.1. The van der Waals surface area contributed by atoms with Crippen molar-refractivity contribution in [3.05, 3.63) is 45.6 Å². The van der Waals surface area contributed by atoms with Crippen molar-refractivity contribution in [2.24, 2.45) is 0 Å². The van der Waals surface area contributed by atoms with Gasteiger partial charge in [-0.3, -0.25) is 4.79 Å². The van der Waals surface area contributed by atoms with Gasteiger partial charge in [0.1, 0.15) is 0 Å². The van der Waals surface area contributed by atoms with Gasteiger partial charge in [0.25, 0.3) is 0 Å². The van der Waals surface area contributed by atoms with Crippen molar-refractivity contribution in [3.63, 3.8) is 0 Å². The minimum absolute atomic E-state index is 0.0788. The normalized spacial score (nSPS) is 12.3. The number of ether oxygens (including phenoxy) is 1. The summed E-state index contributed by atoms with van der Waals surface area (Å²) in [6, 6.07) is 5.83. The van der Waals surface area contributed by atoms with Gasteiger partial charge in [0.05, 0.1) is 11.7 Å². The van der Waals surface area contributed by atoms with E-state index < -0.39 is 0 Å². The average molecular weight is 307 g/mol. The smallest absolute Gasteiger partial charge is 0.309 e. The highest BCUT2D eigenvalue weighted by atomic mass is 35.5. The molecule has 1 atom stereocenters. The van der Waals surface area contributed by atoms with Gasteiger partial charge in [0, 0.05) is 17.5 Å². The standard InChI is InChI=1S/C16H19ClN2O2/c1-9-6-7-14(8-15(9)17)12(4)19-16(21-13(5)20)10(2)11(3)18-19/h6-8,12H,1-5H3. The monoisotopic (exact) mass is 306 g/mol. The first-order chi connectivity index (χ1) is 9.81. The van der Waals surface area contributed by atoms with Gasteiger partial charge >= 0.3 is 5.97 Å². The lowest BCUT2D eigenvalue weighted by Crippen LogP contribution is -2.14. The van der Waals surface area contributed by atoms with Crippen molar-refractivity contribution < 1.29 is 9.53 Å². The Balaban J connectivity index is 2.47. The number of halogens is 1. The van der Waals surface area contributed by atoms with Crippen LogP contribution >= 0.6 is 11.6 Å². The predicted octanol–water partition coefficient (Wildman–Crippen LogP) is 4.00. The molecule has 0 aliphatic heterocycles. The summed E-state index contributed by atoms with van der Waals surface area (Å²) in [6.07, 6.45) is 0. The molecule has 112 valence electrons. The SMILES string of the molecule is CC(=O)Oc1c(C)c(C)nn1C(C)c1ccc(C)c(Cl)c1. The zero-order valence-electron chi connectivity index (χ0n) is 12.9. The second-order valence-corrected chi connectivity index (χ2v) is 5.65. The Bertz CT molecular complexity index is 692. The first-order valence-electron chi connectivity index (χ1n) is 6.81. The molecule has 1 aromatic heterocycles. The highest BCUT2D eigenvalue weighted by molar-refractivity contribution is 6.31. The number of nitrogens with zero attached hydrogens (tertiary/aromatic N) is 2. The van der Waals surface area contributed by atoms with Gasteiger partial charge in [-0.2, -0.15) is 5.10 Å². The Hall–Kier alpha value is -1.81. The average Bonchev–Trinajstić information content (AvgIpc) is 2.69. The van der Waals surface area contributed by atoms with Gasteiger partial charge in [-0.05, 0) is 44.9 Å². The summed E-state index contributed by atoms with van der Waals surface area (Å²) in [5.41, 5.74) is 3.76. The molecule has 0 fully saturated rings. The minimum Gasteiger partial charge on any atom is -0.408 e. The van der Waals surface area contributed by atoms with E-state index in [0.717, 1.165) is 22.4 Å². The molecule has 0 spiro atoms. The molecule has 5 heteroatoms. The number of hydrogen-bond donors (Lipinski definition) is 0. The molecule has 1 unspecified atom stereocenters. The fourth-order valence-electron chi connectivity index (χ4n) is 2.14. The molecule has 21 heavy (non-hydrogen) atoms. The first kappa shape index (κ1) is 15.6. The summed E-state index contributed by atoms with van der Waals surface area (Å²) in [4.78, 5) is 11.3. The molecule has 0 bridgehead atoms. The first-order valence-corrected chi connectivity index (χ1v) is 7.19. The summed E-state index contributed by atoms with van der Waals surface area (Å²) in [5.74, 6) is 0.137. The van der Waals surface area contributed by atoms with E-state index in [1.54, 1.807) is 4.68 Å². The maximum absolute atomic E-state index is 11.3. The highest BCUT2D eigenvalue weighted by Crippen LogP contribution is 2.30. The molecule has 2 aromatic rings. The van der Waals surface area contributed by atoms with Crippen molar-refractivity contribution >= 4 is 17.6 Å². The van der Waals surface area contributed by atoms with Crippen LogP contribution in [0.5, 0.6) is 5.88 Å². The van der Waals surface area contributed by atoms with E-state index in [9.17, 15) is 4.79 Å². The summed E-state index contributed by atoms with van der Waals surface area (Å²) in [6.45, 7) is 9.14. The number of aryl methyl sites for hydroxylation is 2. The van der Waals surface area contributed by atoms with E-state index in [1.165, 1.54) is 6.92 Å². The fourth-order valence-corrected chi connectivity index (χ4v) is 2.33. The van der Waals surface area contributed by atoms with Crippen molar-refractivity contribution in [1.29, 1.82) is 0 Å². The lowest BCUT2D eigenvalue weighted by Gasteiger charge is -2.16. The molecule has 0 saturated carbocycles. The Morgan fingerprint density at radius 2 is 2.00 bits per heavy atom. The molecule has 4 nitrogen and oxygen atoms in total. The van der Waals surface area contributed by atoms with E-state index in [-0.39, 0.29) is 12.0 Å². The molecular formula is C16H19ClN2O2. The number of rotatable bonds is 3. The molecular weight excluding hydrogens is 288 g/mol. The largest absolute Gasteiger partial charge is 0.408 e. The lowest BCUT2D eigenvalue weighted by molar-refractivity contribution is -0.132. The Morgan fingerprint density at radius 1 is 1.33 bits per heavy atom. The van der Waals surface area contributed by atoms with Gasteiger partial charge in [-0.15, -0.1) is 0 Å². The zero-order chi connectivity index (χ0) is 15.7. The van der Waals surface area contributed by atoms with Crippen LogP contribution in [0.15, 0.2) is 18.2 Å². The Kier molecular flexibility index (Phi) is 4.37. The molecule has 2 rings (SSSR count). The van der Waals surface area contributed by atoms with Gasteiger partial charge < -0.3 is 4.74 Å². The molecule has 0 saturated heterocycles. The van der Waals surface area contributed by atoms with Crippen molar-refractivity contribution in [3.8, 4) is 5.88 Å². The van der Waals surface area contributed by atoms with Crippen LogP contribution in [-0.4, -0.2) is 15.7 Å². The van der Waals surface area contributed by atoms with E-state index in [0.29, 0.717) is 10.9 Å². The van der Waals surface area contributed by atoms with E-state index in [2.05, 4.69) is 5.10 Å². The quantitative estimate of drug-likeness (QED) is 0.805. The van der Waals surface area contributed by atoms with Gasteiger partial charge in [-0.1, -0.05) is 23.7 Å². The van der Waals surface area contributed by atoms with Gasteiger partial charge in [0.15, 0.2) is 0 Å². The van der Waals surface area contributed by atoms with Crippen molar-refractivity contribution in [2.75, 3.05) is 0 Å². The number of esters is 1. The van der Waals surface area contributed by atoms with Gasteiger partial charge in [0.2, 0.25) is 5.88 Å². The molecule has 0 N–H and O–H groups in total. The van der Waals surface area contributed by atoms with Gasteiger partial charge in [-0.25, -0.2) is 4.68 Å². The summed E-state index contributed by atoms with van der Waals surface area (Å²) in [7, 11) is 0. The van der Waals surface area contributed by atoms with Crippen molar-refractivity contribution in [2.45, 2.75) is 40.7 Å². The van der Waals surface area contributed by atoms with Crippen LogP contribution in [0.4, 0.5) is 0 Å². The van der Waals surface area contributed by atoms with Crippen LogP contribution < -0.4 is 4.74 Å². The number of benzene rings is 1. The molecule has 0 amide bonds. The number of aromatic nitrogens is 2. The van der Waals surface area contributed by atoms with Crippen LogP contribution in [0.3, 0.4) is 0 Å². The van der Waals surface area contributed by atoms with Crippen LogP contribution in [0.25, 0.3) is 0 Å². The third-order valence-electron chi connectivity index (χ3n) is 3.61.